The lowest BCUT2D eigenvalue weighted by Crippen LogP contribution is -2.34. The molecule has 16 heavy (non-hydrogen) atoms. The predicted octanol–water partition coefficient (Wildman–Crippen LogP) is 2.11. The molecule has 0 aliphatic rings. The minimum atomic E-state index is 0.126. The first-order valence-corrected chi connectivity index (χ1v) is 6.75. The first-order chi connectivity index (χ1) is 7.77. The van der Waals surface area contributed by atoms with E-state index in [1.807, 2.05) is 6.92 Å². The van der Waals surface area contributed by atoms with Gasteiger partial charge in [0.1, 0.15) is 0 Å². The number of hydrogen-bond donors (Lipinski definition) is 1. The van der Waals surface area contributed by atoms with E-state index in [-0.39, 0.29) is 6.04 Å². The normalized spacial score (nSPS) is 13.2. The molecular weight excluding hydrogens is 220 g/mol. The van der Waals surface area contributed by atoms with Crippen LogP contribution in [0.2, 0.25) is 0 Å². The summed E-state index contributed by atoms with van der Waals surface area (Å²) in [6.07, 6.45) is 0. The van der Waals surface area contributed by atoms with Crippen molar-refractivity contribution in [3.8, 4) is 0 Å². The molecule has 1 atom stereocenters. The molecule has 1 heterocycles. The van der Waals surface area contributed by atoms with Gasteiger partial charge in [0.05, 0.1) is 12.6 Å². The molecule has 92 valence electrons. The SMILES string of the molecule is CCOCCN(CC)CC(N)c1cccs1. The molecule has 0 amide bonds. The van der Waals surface area contributed by atoms with E-state index in [1.54, 1.807) is 11.3 Å². The van der Waals surface area contributed by atoms with Crippen LogP contribution in [0.5, 0.6) is 0 Å². The molecule has 0 saturated carbocycles. The van der Waals surface area contributed by atoms with Crippen LogP contribution in [0.1, 0.15) is 24.8 Å². The van der Waals surface area contributed by atoms with E-state index in [0.29, 0.717) is 0 Å². The Morgan fingerprint density at radius 2 is 2.31 bits per heavy atom. The zero-order chi connectivity index (χ0) is 11.8. The second kappa shape index (κ2) is 7.79. The van der Waals surface area contributed by atoms with Gasteiger partial charge in [-0.25, -0.2) is 0 Å². The number of ether oxygens (including phenoxy) is 1. The molecule has 0 spiro atoms. The van der Waals surface area contributed by atoms with Crippen molar-refractivity contribution in [2.45, 2.75) is 19.9 Å². The first-order valence-electron chi connectivity index (χ1n) is 5.87. The van der Waals surface area contributed by atoms with E-state index in [9.17, 15) is 0 Å². The largest absolute Gasteiger partial charge is 0.380 e. The van der Waals surface area contributed by atoms with Gasteiger partial charge in [0.15, 0.2) is 0 Å². The number of nitrogens with two attached hydrogens (primary N) is 1. The second-order valence-corrected chi connectivity index (χ2v) is 4.69. The van der Waals surface area contributed by atoms with Gasteiger partial charge in [0, 0.05) is 24.6 Å². The minimum absolute atomic E-state index is 0.126. The molecule has 2 N–H and O–H groups in total. The summed E-state index contributed by atoms with van der Waals surface area (Å²) in [6, 6.07) is 4.28. The van der Waals surface area contributed by atoms with Gasteiger partial charge in [0.25, 0.3) is 0 Å². The summed E-state index contributed by atoms with van der Waals surface area (Å²) in [7, 11) is 0. The Morgan fingerprint density at radius 1 is 1.50 bits per heavy atom. The molecule has 0 fully saturated rings. The molecule has 0 saturated heterocycles. The monoisotopic (exact) mass is 242 g/mol. The average Bonchev–Trinajstić information content (AvgIpc) is 2.81. The maximum absolute atomic E-state index is 6.15. The Morgan fingerprint density at radius 3 is 2.88 bits per heavy atom. The smallest absolute Gasteiger partial charge is 0.0593 e. The molecule has 0 aromatic carbocycles. The summed E-state index contributed by atoms with van der Waals surface area (Å²) in [5, 5.41) is 2.08. The van der Waals surface area contributed by atoms with Gasteiger partial charge in [0.2, 0.25) is 0 Å². The lowest BCUT2D eigenvalue weighted by Gasteiger charge is -2.23. The zero-order valence-corrected chi connectivity index (χ0v) is 11.0. The second-order valence-electron chi connectivity index (χ2n) is 3.71. The van der Waals surface area contributed by atoms with Crippen LogP contribution in [-0.4, -0.2) is 37.7 Å². The van der Waals surface area contributed by atoms with E-state index in [0.717, 1.165) is 32.8 Å². The van der Waals surface area contributed by atoms with E-state index in [4.69, 9.17) is 10.5 Å². The minimum Gasteiger partial charge on any atom is -0.380 e. The van der Waals surface area contributed by atoms with Gasteiger partial charge in [-0.15, -0.1) is 11.3 Å². The standard InChI is InChI=1S/C12H22N2OS/c1-3-14(7-8-15-4-2)10-11(13)12-6-5-9-16-12/h5-6,9,11H,3-4,7-8,10,13H2,1-2H3. The van der Waals surface area contributed by atoms with Gasteiger partial charge in [-0.05, 0) is 24.9 Å². The molecule has 3 nitrogen and oxygen atoms in total. The van der Waals surface area contributed by atoms with Crippen molar-refractivity contribution in [3.63, 3.8) is 0 Å². The number of hydrogen-bond acceptors (Lipinski definition) is 4. The molecule has 0 radical (unpaired) electrons. The van der Waals surface area contributed by atoms with Crippen LogP contribution in [0.3, 0.4) is 0 Å². The quantitative estimate of drug-likeness (QED) is 0.710. The van der Waals surface area contributed by atoms with E-state index in [2.05, 4.69) is 29.3 Å². The van der Waals surface area contributed by atoms with Crippen LogP contribution < -0.4 is 5.73 Å². The van der Waals surface area contributed by atoms with E-state index >= 15 is 0 Å². The number of likely N-dealkylation sites (N-methyl/N-ethyl adjacent to an activating group) is 1. The molecule has 1 aromatic heterocycles. The highest BCUT2D eigenvalue weighted by atomic mass is 32.1. The molecule has 4 heteroatoms. The number of rotatable bonds is 8. The summed E-state index contributed by atoms with van der Waals surface area (Å²) in [6.45, 7) is 8.65. The molecule has 1 rings (SSSR count). The molecule has 0 aliphatic heterocycles. The van der Waals surface area contributed by atoms with Gasteiger partial charge in [-0.3, -0.25) is 4.90 Å². The highest BCUT2D eigenvalue weighted by molar-refractivity contribution is 7.10. The fourth-order valence-corrected chi connectivity index (χ4v) is 2.31. The Hall–Kier alpha value is -0.420. The predicted molar refractivity (Wildman–Crippen MR) is 69.9 cm³/mol. The van der Waals surface area contributed by atoms with Gasteiger partial charge >= 0.3 is 0 Å². The van der Waals surface area contributed by atoms with Crippen molar-refractivity contribution in [1.29, 1.82) is 0 Å². The van der Waals surface area contributed by atoms with Crippen LogP contribution in [0.15, 0.2) is 17.5 Å². The zero-order valence-electron chi connectivity index (χ0n) is 10.2. The van der Waals surface area contributed by atoms with Crippen molar-refractivity contribution < 1.29 is 4.74 Å². The summed E-state index contributed by atoms with van der Waals surface area (Å²) in [4.78, 5) is 3.59. The molecular formula is C12H22N2OS. The topological polar surface area (TPSA) is 38.5 Å². The average molecular weight is 242 g/mol. The van der Waals surface area contributed by atoms with Crippen molar-refractivity contribution in [1.82, 2.24) is 4.90 Å². The van der Waals surface area contributed by atoms with Crippen LogP contribution in [0.4, 0.5) is 0 Å². The Kier molecular flexibility index (Phi) is 6.64. The summed E-state index contributed by atoms with van der Waals surface area (Å²) in [5.41, 5.74) is 6.15. The Labute approximate surface area is 102 Å². The van der Waals surface area contributed by atoms with Crippen molar-refractivity contribution in [2.24, 2.45) is 5.73 Å². The fraction of sp³-hybridized carbons (Fsp3) is 0.667. The third-order valence-electron chi connectivity index (χ3n) is 2.57. The van der Waals surface area contributed by atoms with E-state index < -0.39 is 0 Å². The lowest BCUT2D eigenvalue weighted by molar-refractivity contribution is 0.113. The Bertz CT molecular complexity index is 264. The van der Waals surface area contributed by atoms with Crippen molar-refractivity contribution in [2.75, 3.05) is 32.8 Å². The summed E-state index contributed by atoms with van der Waals surface area (Å²) >= 11 is 1.73. The fourth-order valence-electron chi connectivity index (χ4n) is 1.59. The molecule has 0 bridgehead atoms. The highest BCUT2D eigenvalue weighted by Gasteiger charge is 2.11. The number of nitrogens with zero attached hydrogens (tertiary/aromatic N) is 1. The summed E-state index contributed by atoms with van der Waals surface area (Å²) < 4.78 is 5.36. The lowest BCUT2D eigenvalue weighted by atomic mass is 10.2. The molecule has 0 aliphatic carbocycles. The third-order valence-corrected chi connectivity index (χ3v) is 3.57. The van der Waals surface area contributed by atoms with Crippen LogP contribution >= 0.6 is 11.3 Å². The van der Waals surface area contributed by atoms with Crippen molar-refractivity contribution in [3.05, 3.63) is 22.4 Å². The summed E-state index contributed by atoms with van der Waals surface area (Å²) in [5.74, 6) is 0. The maximum atomic E-state index is 6.15. The molecule has 1 aromatic rings. The van der Waals surface area contributed by atoms with Crippen LogP contribution in [0, 0.1) is 0 Å². The highest BCUT2D eigenvalue weighted by Crippen LogP contribution is 2.17. The Balaban J connectivity index is 2.32. The van der Waals surface area contributed by atoms with E-state index in [1.165, 1.54) is 4.88 Å². The number of thiophene rings is 1. The van der Waals surface area contributed by atoms with Gasteiger partial charge in [-0.1, -0.05) is 13.0 Å². The van der Waals surface area contributed by atoms with Crippen molar-refractivity contribution >= 4 is 11.3 Å². The van der Waals surface area contributed by atoms with Gasteiger partial charge < -0.3 is 10.5 Å². The van der Waals surface area contributed by atoms with Crippen LogP contribution in [-0.2, 0) is 4.74 Å². The first kappa shape index (κ1) is 13.6. The van der Waals surface area contributed by atoms with Gasteiger partial charge in [-0.2, -0.15) is 0 Å². The molecule has 1 unspecified atom stereocenters. The maximum Gasteiger partial charge on any atom is 0.0593 e. The third kappa shape index (κ3) is 4.61. The van der Waals surface area contributed by atoms with Crippen LogP contribution in [0.25, 0.3) is 0 Å².